The molecule has 18 heteroatoms. The number of nitrogens with one attached hydrogen (secondary N) is 2. The molecule has 2 atom stereocenters. The quantitative estimate of drug-likeness (QED) is 0.241. The van der Waals surface area contributed by atoms with Gasteiger partial charge in [0.25, 0.3) is 5.91 Å². The second-order valence-electron chi connectivity index (χ2n) is 11.4. The number of hydrogen-bond acceptors (Lipinski definition) is 8. The molecule has 1 aromatic carbocycles. The van der Waals surface area contributed by atoms with E-state index >= 15 is 0 Å². The van der Waals surface area contributed by atoms with Crippen LogP contribution < -0.4 is 16.4 Å². The maximum atomic E-state index is 13.0. The molecular formula is C29H36F6N6O6. The smallest absolute Gasteiger partial charge is 0.374 e. The molecule has 1 aliphatic rings. The Morgan fingerprint density at radius 2 is 1.62 bits per heavy atom. The van der Waals surface area contributed by atoms with Crippen molar-refractivity contribution in [3.05, 3.63) is 48.4 Å². The molecule has 0 spiro atoms. The first-order valence-electron chi connectivity index (χ1n) is 14.2. The Labute approximate surface area is 266 Å². The summed E-state index contributed by atoms with van der Waals surface area (Å²) in [5, 5.41) is 5.35. The Morgan fingerprint density at radius 3 is 2.15 bits per heavy atom. The minimum Gasteiger partial charge on any atom is -0.374 e. The predicted molar refractivity (Wildman–Crippen MR) is 154 cm³/mol. The number of carbonyl (C=O) groups is 5. The van der Waals surface area contributed by atoms with Crippen LogP contribution in [-0.4, -0.2) is 87.4 Å². The number of nitrogens with zero attached hydrogens (tertiary/aromatic N) is 3. The van der Waals surface area contributed by atoms with E-state index in [0.29, 0.717) is 12.5 Å². The van der Waals surface area contributed by atoms with Gasteiger partial charge in [-0.2, -0.15) is 26.3 Å². The molecule has 3 rings (SSSR count). The van der Waals surface area contributed by atoms with Crippen LogP contribution in [0.5, 0.6) is 0 Å². The number of carbonyl (C=O) groups excluding carboxylic acids is 5. The molecule has 1 aromatic heterocycles. The van der Waals surface area contributed by atoms with Crippen molar-refractivity contribution < 1.29 is 55.1 Å². The fourth-order valence-electron chi connectivity index (χ4n) is 4.05. The van der Waals surface area contributed by atoms with Crippen molar-refractivity contribution in [2.24, 2.45) is 11.7 Å². The van der Waals surface area contributed by atoms with E-state index in [1.807, 2.05) is 35.2 Å². The number of piperidine rings is 1. The summed E-state index contributed by atoms with van der Waals surface area (Å²) in [6.07, 6.45) is -6.29. The number of rotatable bonds is 11. The number of anilines is 1. The molecule has 1 fully saturated rings. The first kappa shape index (κ1) is 38.9. The number of imidazole rings is 1. The number of halogens is 6. The largest absolute Gasteiger partial charge is 0.458 e. The third kappa shape index (κ3) is 13.1. The van der Waals surface area contributed by atoms with Gasteiger partial charge in [-0.3, -0.25) is 24.0 Å². The van der Waals surface area contributed by atoms with Crippen molar-refractivity contribution in [1.29, 1.82) is 0 Å². The van der Waals surface area contributed by atoms with Gasteiger partial charge in [-0.25, -0.2) is 4.98 Å². The third-order valence-corrected chi connectivity index (χ3v) is 6.54. The van der Waals surface area contributed by atoms with Crippen LogP contribution in [0.15, 0.2) is 42.9 Å². The number of amides is 3. The molecule has 0 saturated carbocycles. The maximum Gasteiger partial charge on any atom is 0.458 e. The van der Waals surface area contributed by atoms with Gasteiger partial charge in [-0.1, -0.05) is 37.3 Å². The minimum atomic E-state index is -5.77. The Kier molecular flexibility index (Phi) is 13.6. The van der Waals surface area contributed by atoms with Gasteiger partial charge >= 0.3 is 23.9 Å². The van der Waals surface area contributed by atoms with Gasteiger partial charge in [0.05, 0.1) is 25.1 Å². The number of benzene rings is 1. The Bertz CT molecular complexity index is 1370. The van der Waals surface area contributed by atoms with Crippen molar-refractivity contribution in [2.45, 2.75) is 70.7 Å². The monoisotopic (exact) mass is 678 g/mol. The van der Waals surface area contributed by atoms with Crippen molar-refractivity contribution in [2.75, 3.05) is 25.0 Å². The topological polar surface area (TPSA) is 166 Å². The highest BCUT2D eigenvalue weighted by molar-refractivity contribution is 6.41. The predicted octanol–water partition coefficient (Wildman–Crippen LogP) is 2.77. The van der Waals surface area contributed by atoms with Crippen LogP contribution in [0.3, 0.4) is 0 Å². The van der Waals surface area contributed by atoms with E-state index in [4.69, 9.17) is 10.5 Å². The molecule has 4 N–H and O–H groups in total. The van der Waals surface area contributed by atoms with Crippen molar-refractivity contribution in [1.82, 2.24) is 19.8 Å². The van der Waals surface area contributed by atoms with E-state index in [-0.39, 0.29) is 24.9 Å². The first-order valence-corrected chi connectivity index (χ1v) is 14.2. The summed E-state index contributed by atoms with van der Waals surface area (Å²) in [6.45, 7) is 7.19. The van der Waals surface area contributed by atoms with E-state index in [2.05, 4.69) is 22.5 Å². The van der Waals surface area contributed by atoms with Crippen LogP contribution in [0.25, 0.3) is 0 Å². The standard InChI is InChI=1S/C25H36N6O4.C4F6O2/c1-18-8-7-11-31(12-18)22(32)14-30-13-21(27-17-30)29-23(33)20(28-24(34)25(2,3)26)16-35-15-19-9-5-4-6-10-19;5-3(6,7)1(11)2(12)4(8,9)10/h4-6,9-10,13,17-18,20H,7-8,11-12,14-16,26H2,1-3H3,(H,28,34)(H,29,33);/t18?,20-;/m1./s1. The Hall–Kier alpha value is -4.32. The van der Waals surface area contributed by atoms with E-state index in [9.17, 15) is 50.3 Å². The fraction of sp³-hybridized carbons (Fsp3) is 0.517. The zero-order chi connectivity index (χ0) is 35.6. The van der Waals surface area contributed by atoms with Crippen LogP contribution in [0, 0.1) is 5.92 Å². The molecule has 260 valence electrons. The second-order valence-corrected chi connectivity index (χ2v) is 11.4. The summed E-state index contributed by atoms with van der Waals surface area (Å²) in [5.41, 5.74) is 5.67. The molecule has 12 nitrogen and oxygen atoms in total. The van der Waals surface area contributed by atoms with Gasteiger partial charge in [0.1, 0.15) is 12.6 Å². The number of hydrogen-bond donors (Lipinski definition) is 3. The van der Waals surface area contributed by atoms with Gasteiger partial charge in [0, 0.05) is 19.3 Å². The van der Waals surface area contributed by atoms with Crippen LogP contribution in [0.1, 0.15) is 39.2 Å². The van der Waals surface area contributed by atoms with Crippen LogP contribution in [0.4, 0.5) is 32.2 Å². The zero-order valence-corrected chi connectivity index (χ0v) is 25.8. The molecule has 0 radical (unpaired) electrons. The van der Waals surface area contributed by atoms with Gasteiger partial charge < -0.3 is 30.6 Å². The van der Waals surface area contributed by atoms with Gasteiger partial charge in [0.15, 0.2) is 5.82 Å². The molecule has 1 aliphatic heterocycles. The molecule has 47 heavy (non-hydrogen) atoms. The number of likely N-dealkylation sites (tertiary alicyclic amines) is 1. The summed E-state index contributed by atoms with van der Waals surface area (Å²) in [5.74, 6) is -6.98. The lowest BCUT2D eigenvalue weighted by molar-refractivity contribution is -0.193. The highest BCUT2D eigenvalue weighted by Gasteiger charge is 2.54. The van der Waals surface area contributed by atoms with Crippen LogP contribution in [-0.2, 0) is 41.9 Å². The Morgan fingerprint density at radius 1 is 1.02 bits per heavy atom. The van der Waals surface area contributed by atoms with Gasteiger partial charge in [-0.05, 0) is 38.2 Å². The molecule has 2 heterocycles. The van der Waals surface area contributed by atoms with Crippen molar-refractivity contribution in [3.8, 4) is 0 Å². The van der Waals surface area contributed by atoms with E-state index in [1.54, 1.807) is 24.6 Å². The number of Topliss-reactive ketones (excluding diaryl/α,β-unsaturated/α-hetero) is 2. The first-order chi connectivity index (χ1) is 21.7. The van der Waals surface area contributed by atoms with Gasteiger partial charge in [0.2, 0.25) is 11.8 Å². The van der Waals surface area contributed by atoms with Crippen LogP contribution >= 0.6 is 0 Å². The molecule has 1 unspecified atom stereocenters. The zero-order valence-electron chi connectivity index (χ0n) is 25.8. The average molecular weight is 679 g/mol. The summed E-state index contributed by atoms with van der Waals surface area (Å²) < 4.78 is 74.3. The molecule has 0 bridgehead atoms. The maximum absolute atomic E-state index is 13.0. The number of aromatic nitrogens is 2. The molecule has 3 amide bonds. The summed E-state index contributed by atoms with van der Waals surface area (Å²) >= 11 is 0. The average Bonchev–Trinajstić information content (AvgIpc) is 3.41. The fourth-order valence-corrected chi connectivity index (χ4v) is 4.05. The highest BCUT2D eigenvalue weighted by atomic mass is 19.4. The number of nitrogens with two attached hydrogens (primary N) is 1. The SMILES string of the molecule is CC1CCCN(C(=O)Cn2cnc(NC(=O)[C@@H](COCc3ccccc3)NC(=O)C(C)(C)N)c2)C1.O=C(C(=O)C(F)(F)F)C(F)(F)F. The third-order valence-electron chi connectivity index (χ3n) is 6.54. The van der Waals surface area contributed by atoms with E-state index in [1.165, 1.54) is 6.33 Å². The van der Waals surface area contributed by atoms with Crippen molar-refractivity contribution in [3.63, 3.8) is 0 Å². The van der Waals surface area contributed by atoms with Crippen LogP contribution in [0.2, 0.25) is 0 Å². The second kappa shape index (κ2) is 16.5. The molecule has 2 aromatic rings. The highest BCUT2D eigenvalue weighted by Crippen LogP contribution is 2.24. The minimum absolute atomic E-state index is 0.0245. The van der Waals surface area contributed by atoms with Crippen molar-refractivity contribution >= 4 is 35.1 Å². The molecule has 1 saturated heterocycles. The Balaban J connectivity index is 0.000000544. The normalized spacial score (nSPS) is 16.0. The lowest BCUT2D eigenvalue weighted by atomic mass is 10.0. The lowest BCUT2D eigenvalue weighted by Gasteiger charge is -2.31. The summed E-state index contributed by atoms with van der Waals surface area (Å²) in [4.78, 5) is 63.3. The lowest BCUT2D eigenvalue weighted by Crippen LogP contribution is -2.56. The van der Waals surface area contributed by atoms with E-state index < -0.39 is 47.3 Å². The van der Waals surface area contributed by atoms with E-state index in [0.717, 1.165) is 31.5 Å². The number of alkyl halides is 6. The molecular weight excluding hydrogens is 642 g/mol. The number of ketones is 2. The molecule has 0 aliphatic carbocycles. The summed E-state index contributed by atoms with van der Waals surface area (Å²) in [6, 6.07) is 8.55. The summed E-state index contributed by atoms with van der Waals surface area (Å²) in [7, 11) is 0. The number of ether oxygens (including phenoxy) is 1. The van der Waals surface area contributed by atoms with Gasteiger partial charge in [-0.15, -0.1) is 0 Å².